The number of hydrogen-bond acceptors (Lipinski definition) is 9. The molecule has 5 rings (SSSR count). The van der Waals surface area contributed by atoms with Gasteiger partial charge < -0.3 is 14.5 Å². The van der Waals surface area contributed by atoms with Gasteiger partial charge in [-0.2, -0.15) is 0 Å². The average molecular weight is 625 g/mol. The smallest absolute Gasteiger partial charge is 0.264 e. The lowest BCUT2D eigenvalue weighted by molar-refractivity contribution is -0.126. The molecule has 0 atom stereocenters. The van der Waals surface area contributed by atoms with Crippen molar-refractivity contribution in [1.29, 1.82) is 0 Å². The summed E-state index contributed by atoms with van der Waals surface area (Å²) in [6.45, 7) is 3.33. The second-order valence-corrected chi connectivity index (χ2v) is 11.7. The van der Waals surface area contributed by atoms with Crippen molar-refractivity contribution in [2.24, 2.45) is 0 Å². The molecule has 0 unspecified atom stereocenters. The van der Waals surface area contributed by atoms with Gasteiger partial charge in [-0.3, -0.25) is 14.3 Å². The summed E-state index contributed by atoms with van der Waals surface area (Å²) in [4.78, 5) is 39.9. The molecule has 3 heterocycles. The third kappa shape index (κ3) is 6.57. The van der Waals surface area contributed by atoms with Gasteiger partial charge in [0.1, 0.15) is 28.5 Å². The number of halogens is 2. The minimum atomic E-state index is -4.35. The van der Waals surface area contributed by atoms with Crippen LogP contribution in [0.1, 0.15) is 6.92 Å². The molecule has 2 aromatic heterocycles. The van der Waals surface area contributed by atoms with Gasteiger partial charge in [0.2, 0.25) is 11.8 Å². The van der Waals surface area contributed by atoms with Gasteiger partial charge >= 0.3 is 0 Å². The number of pyridine rings is 1. The second-order valence-electron chi connectivity index (χ2n) is 9.65. The summed E-state index contributed by atoms with van der Waals surface area (Å²) in [6.07, 6.45) is 5.55. The fourth-order valence-corrected chi connectivity index (χ4v) is 5.91. The van der Waals surface area contributed by atoms with Crippen LogP contribution in [0.25, 0.3) is 22.0 Å². The Morgan fingerprint density at radius 3 is 2.47 bits per heavy atom. The minimum absolute atomic E-state index is 0.00271. The Morgan fingerprint density at radius 1 is 1.00 bits per heavy atom. The number of hydrogen-bond donors (Lipinski definition) is 1. The first-order chi connectivity index (χ1) is 20.6. The van der Waals surface area contributed by atoms with Gasteiger partial charge in [0, 0.05) is 54.4 Å². The molecule has 1 N–H and O–H groups in total. The zero-order valence-electron chi connectivity index (χ0n) is 23.1. The number of nitrogens with zero attached hydrogens (tertiary/aromatic N) is 5. The highest BCUT2D eigenvalue weighted by Crippen LogP contribution is 2.33. The van der Waals surface area contributed by atoms with Crippen LogP contribution in [0.5, 0.6) is 5.88 Å². The molecule has 2 aromatic carbocycles. The Balaban J connectivity index is 1.43. The molecule has 0 saturated carbocycles. The monoisotopic (exact) mass is 624 g/mol. The molecule has 0 aliphatic carbocycles. The van der Waals surface area contributed by atoms with E-state index in [1.54, 1.807) is 11.0 Å². The number of carbonyl (C=O) groups is 2. The van der Waals surface area contributed by atoms with Crippen molar-refractivity contribution in [3.63, 3.8) is 0 Å². The number of allylic oxidation sites excluding steroid dienone is 1. The quantitative estimate of drug-likeness (QED) is 0.288. The van der Waals surface area contributed by atoms with E-state index in [4.69, 9.17) is 16.3 Å². The third-order valence-corrected chi connectivity index (χ3v) is 8.41. The van der Waals surface area contributed by atoms with E-state index in [1.165, 1.54) is 44.8 Å². The van der Waals surface area contributed by atoms with E-state index in [0.29, 0.717) is 48.6 Å². The SMILES string of the molecule is COc1ncc(-c2ccc3ncnc(N4CCN(C(=O)/C=C/C(C)=O)CC4)c3c2)cc1NS(=O)(=O)c1ccc(Cl)cc1F. The largest absolute Gasteiger partial charge is 0.480 e. The standard InChI is InChI=1S/C29H26ClFN6O5S/c1-18(38)3-8-27(39)36-9-11-37(12-10-36)28-22-13-19(4-6-24(22)33-17-34-28)20-14-25(29(42-2)32-16-20)35-43(40,41)26-7-5-21(30)15-23(26)31/h3-8,13-17,35H,9-12H2,1-2H3/b8-3+. The highest BCUT2D eigenvalue weighted by atomic mass is 35.5. The first-order valence-electron chi connectivity index (χ1n) is 13.1. The van der Waals surface area contributed by atoms with Crippen LogP contribution in [0.2, 0.25) is 5.02 Å². The van der Waals surface area contributed by atoms with Crippen LogP contribution in [-0.4, -0.2) is 73.2 Å². The van der Waals surface area contributed by atoms with Crippen LogP contribution in [0.3, 0.4) is 0 Å². The maximum Gasteiger partial charge on any atom is 0.264 e. The number of ketones is 1. The summed E-state index contributed by atoms with van der Waals surface area (Å²) in [7, 11) is -3.00. The minimum Gasteiger partial charge on any atom is -0.480 e. The molecule has 0 bridgehead atoms. The van der Waals surface area contributed by atoms with Crippen LogP contribution in [0.4, 0.5) is 15.9 Å². The maximum atomic E-state index is 14.4. The highest BCUT2D eigenvalue weighted by Gasteiger charge is 2.24. The summed E-state index contributed by atoms with van der Waals surface area (Å²) in [6, 6.07) is 10.3. The van der Waals surface area contributed by atoms with Gasteiger partial charge in [0.25, 0.3) is 10.0 Å². The molecule has 0 radical (unpaired) electrons. The Hall–Kier alpha value is -4.62. The van der Waals surface area contributed by atoms with E-state index in [9.17, 15) is 22.4 Å². The first kappa shape index (κ1) is 29.9. The number of ether oxygens (including phenoxy) is 1. The number of amides is 1. The van der Waals surface area contributed by atoms with E-state index in [0.717, 1.165) is 17.5 Å². The number of aromatic nitrogens is 3. The number of anilines is 2. The molecular formula is C29H26ClFN6O5S. The Kier molecular flexibility index (Phi) is 8.55. The number of nitrogens with one attached hydrogen (secondary N) is 1. The van der Waals surface area contributed by atoms with Gasteiger partial charge in [-0.05, 0) is 55.0 Å². The van der Waals surface area contributed by atoms with E-state index in [1.807, 2.05) is 18.2 Å². The summed E-state index contributed by atoms with van der Waals surface area (Å²) in [5.74, 6) is -0.733. The van der Waals surface area contributed by atoms with Gasteiger partial charge in [0.15, 0.2) is 5.78 Å². The Bertz CT molecular complexity index is 1860. The molecule has 1 aliphatic rings. The number of benzene rings is 2. The molecule has 14 heteroatoms. The maximum absolute atomic E-state index is 14.4. The Labute approximate surface area is 252 Å². The zero-order chi connectivity index (χ0) is 30.7. The summed E-state index contributed by atoms with van der Waals surface area (Å²) in [5, 5.41) is 0.812. The molecule has 11 nitrogen and oxygen atoms in total. The zero-order valence-corrected chi connectivity index (χ0v) is 24.7. The number of piperazine rings is 1. The number of methoxy groups -OCH3 is 1. The van der Waals surface area contributed by atoms with Crippen molar-refractivity contribution in [2.75, 3.05) is 42.9 Å². The number of fused-ring (bicyclic) bond motifs is 1. The topological polar surface area (TPSA) is 135 Å². The van der Waals surface area contributed by atoms with Crippen molar-refractivity contribution in [3.05, 3.63) is 78.0 Å². The van der Waals surface area contributed by atoms with Crippen LogP contribution in [0.15, 0.2) is 72.0 Å². The van der Waals surface area contributed by atoms with Crippen molar-refractivity contribution in [2.45, 2.75) is 11.8 Å². The van der Waals surface area contributed by atoms with Gasteiger partial charge in [0.05, 0.1) is 12.6 Å². The average Bonchev–Trinajstić information content (AvgIpc) is 2.99. The molecular weight excluding hydrogens is 599 g/mol. The highest BCUT2D eigenvalue weighted by molar-refractivity contribution is 7.92. The van der Waals surface area contributed by atoms with Gasteiger partial charge in [-0.1, -0.05) is 17.7 Å². The van der Waals surface area contributed by atoms with Gasteiger partial charge in [-0.25, -0.2) is 27.8 Å². The second kappa shape index (κ2) is 12.3. The summed E-state index contributed by atoms with van der Waals surface area (Å²) in [5.41, 5.74) is 1.95. The lowest BCUT2D eigenvalue weighted by Crippen LogP contribution is -2.48. The Morgan fingerprint density at radius 2 is 1.77 bits per heavy atom. The molecule has 43 heavy (non-hydrogen) atoms. The molecule has 4 aromatic rings. The lowest BCUT2D eigenvalue weighted by atomic mass is 10.0. The van der Waals surface area contributed by atoms with Crippen molar-refractivity contribution in [3.8, 4) is 17.0 Å². The predicted octanol–water partition coefficient (Wildman–Crippen LogP) is 4.09. The van der Waals surface area contributed by atoms with Gasteiger partial charge in [-0.15, -0.1) is 0 Å². The molecule has 1 aliphatic heterocycles. The third-order valence-electron chi connectivity index (χ3n) is 6.77. The van der Waals surface area contributed by atoms with Crippen LogP contribution in [0, 0.1) is 5.82 Å². The van der Waals surface area contributed by atoms with Crippen molar-refractivity contribution >= 4 is 55.7 Å². The number of carbonyl (C=O) groups excluding carboxylic acids is 2. The molecule has 0 spiro atoms. The normalized spacial score (nSPS) is 13.9. The molecule has 1 fully saturated rings. The van der Waals surface area contributed by atoms with Crippen molar-refractivity contribution < 1.29 is 27.1 Å². The lowest BCUT2D eigenvalue weighted by Gasteiger charge is -2.35. The number of rotatable bonds is 8. The molecule has 1 amide bonds. The van der Waals surface area contributed by atoms with E-state index in [2.05, 4.69) is 24.6 Å². The summed E-state index contributed by atoms with van der Waals surface area (Å²) < 4.78 is 48.1. The predicted molar refractivity (Wildman–Crippen MR) is 160 cm³/mol. The fraction of sp³-hybridized carbons (Fsp3) is 0.207. The first-order valence-corrected chi connectivity index (χ1v) is 14.9. The molecule has 222 valence electrons. The fourth-order valence-electron chi connectivity index (χ4n) is 4.65. The molecule has 1 saturated heterocycles. The van der Waals surface area contributed by atoms with E-state index >= 15 is 0 Å². The van der Waals surface area contributed by atoms with Crippen LogP contribution < -0.4 is 14.4 Å². The number of sulfonamides is 1. The van der Waals surface area contributed by atoms with Crippen molar-refractivity contribution in [1.82, 2.24) is 19.9 Å². The van der Waals surface area contributed by atoms with E-state index in [-0.39, 0.29) is 28.3 Å². The van der Waals surface area contributed by atoms with E-state index < -0.39 is 20.7 Å². The summed E-state index contributed by atoms with van der Waals surface area (Å²) >= 11 is 5.78. The van der Waals surface area contributed by atoms with Crippen LogP contribution in [-0.2, 0) is 19.6 Å². The van der Waals surface area contributed by atoms with Crippen LogP contribution >= 0.6 is 11.6 Å².